The van der Waals surface area contributed by atoms with Crippen molar-refractivity contribution in [3.05, 3.63) is 0 Å². The normalized spacial score (nSPS) is 36.4. The van der Waals surface area contributed by atoms with Crippen molar-refractivity contribution in [2.75, 3.05) is 6.54 Å². The first-order valence-corrected chi connectivity index (χ1v) is 6.33. The van der Waals surface area contributed by atoms with E-state index < -0.39 is 0 Å². The van der Waals surface area contributed by atoms with E-state index in [1.54, 1.807) is 0 Å². The molecule has 2 atom stereocenters. The predicted octanol–water partition coefficient (Wildman–Crippen LogP) is 3.20. The molecule has 0 aromatic rings. The fraction of sp³-hybridized carbons (Fsp3) is 1.00. The molecule has 1 N–H and O–H groups in total. The molecule has 1 heteroatoms. The van der Waals surface area contributed by atoms with Gasteiger partial charge in [0.05, 0.1) is 0 Å². The molecule has 2 rings (SSSR count). The Kier molecular flexibility index (Phi) is 2.88. The standard InChI is InChI=1S/C13H25N/c1-10(2)6-7-13(3)8-11(13)9-14-12-4-5-12/h10-12,14H,4-9H2,1-3H3. The van der Waals surface area contributed by atoms with E-state index in [-0.39, 0.29) is 0 Å². The highest BCUT2D eigenvalue weighted by atomic mass is 15.0. The monoisotopic (exact) mass is 195 g/mol. The zero-order chi connectivity index (χ0) is 10.2. The molecular formula is C13H25N. The van der Waals surface area contributed by atoms with Crippen LogP contribution in [0.4, 0.5) is 0 Å². The maximum absolute atomic E-state index is 3.66. The molecule has 0 saturated heterocycles. The van der Waals surface area contributed by atoms with E-state index in [9.17, 15) is 0 Å². The van der Waals surface area contributed by atoms with E-state index in [1.807, 2.05) is 0 Å². The van der Waals surface area contributed by atoms with E-state index >= 15 is 0 Å². The molecule has 0 aliphatic heterocycles. The van der Waals surface area contributed by atoms with Crippen molar-refractivity contribution in [2.24, 2.45) is 17.3 Å². The van der Waals surface area contributed by atoms with Gasteiger partial charge in [0.15, 0.2) is 0 Å². The topological polar surface area (TPSA) is 12.0 Å². The molecule has 0 aromatic heterocycles. The van der Waals surface area contributed by atoms with Crippen LogP contribution in [0.3, 0.4) is 0 Å². The van der Waals surface area contributed by atoms with Crippen LogP contribution in [0.5, 0.6) is 0 Å². The summed E-state index contributed by atoms with van der Waals surface area (Å²) in [4.78, 5) is 0. The Labute approximate surface area is 88.7 Å². The molecule has 0 spiro atoms. The van der Waals surface area contributed by atoms with Crippen LogP contribution in [-0.2, 0) is 0 Å². The summed E-state index contributed by atoms with van der Waals surface area (Å²) in [7, 11) is 0. The first kappa shape index (κ1) is 10.5. The van der Waals surface area contributed by atoms with Gasteiger partial charge in [0.1, 0.15) is 0 Å². The van der Waals surface area contributed by atoms with Gasteiger partial charge in [-0.1, -0.05) is 27.2 Å². The summed E-state index contributed by atoms with van der Waals surface area (Å²) in [5.41, 5.74) is 0.701. The lowest BCUT2D eigenvalue weighted by Gasteiger charge is -2.13. The van der Waals surface area contributed by atoms with Gasteiger partial charge in [0.25, 0.3) is 0 Å². The maximum Gasteiger partial charge on any atom is 0.00683 e. The molecule has 2 saturated carbocycles. The van der Waals surface area contributed by atoms with Gasteiger partial charge in [-0.2, -0.15) is 0 Å². The van der Waals surface area contributed by atoms with Gasteiger partial charge in [-0.3, -0.25) is 0 Å². The summed E-state index contributed by atoms with van der Waals surface area (Å²) in [6, 6.07) is 0.893. The summed E-state index contributed by atoms with van der Waals surface area (Å²) >= 11 is 0. The minimum atomic E-state index is 0.701. The second-order valence-corrected chi connectivity index (χ2v) is 6.17. The van der Waals surface area contributed by atoms with Crippen LogP contribution in [0.1, 0.15) is 52.9 Å². The molecule has 2 aliphatic rings. The Morgan fingerprint density at radius 3 is 2.64 bits per heavy atom. The zero-order valence-corrected chi connectivity index (χ0v) is 9.97. The van der Waals surface area contributed by atoms with Gasteiger partial charge in [0.2, 0.25) is 0 Å². The second kappa shape index (κ2) is 3.84. The minimum Gasteiger partial charge on any atom is -0.314 e. The van der Waals surface area contributed by atoms with Crippen molar-refractivity contribution in [3.63, 3.8) is 0 Å². The molecule has 0 radical (unpaired) electrons. The third-order valence-electron chi connectivity index (χ3n) is 4.06. The van der Waals surface area contributed by atoms with E-state index in [2.05, 4.69) is 26.1 Å². The summed E-state index contributed by atoms with van der Waals surface area (Å²) in [6.07, 6.45) is 7.18. The first-order valence-electron chi connectivity index (χ1n) is 6.33. The third kappa shape index (κ3) is 2.73. The largest absolute Gasteiger partial charge is 0.314 e. The van der Waals surface area contributed by atoms with Crippen LogP contribution in [0.15, 0.2) is 0 Å². The van der Waals surface area contributed by atoms with Gasteiger partial charge >= 0.3 is 0 Å². The van der Waals surface area contributed by atoms with Gasteiger partial charge < -0.3 is 5.32 Å². The Balaban J connectivity index is 1.61. The number of hydrogen-bond acceptors (Lipinski definition) is 1. The lowest BCUT2D eigenvalue weighted by atomic mass is 9.95. The number of nitrogens with one attached hydrogen (secondary N) is 1. The molecule has 2 aliphatic carbocycles. The van der Waals surface area contributed by atoms with Crippen molar-refractivity contribution in [1.29, 1.82) is 0 Å². The van der Waals surface area contributed by atoms with Crippen LogP contribution < -0.4 is 5.32 Å². The van der Waals surface area contributed by atoms with E-state index in [0.717, 1.165) is 17.9 Å². The minimum absolute atomic E-state index is 0.701. The number of hydrogen-bond donors (Lipinski definition) is 1. The van der Waals surface area contributed by atoms with Crippen LogP contribution in [0, 0.1) is 17.3 Å². The van der Waals surface area contributed by atoms with E-state index in [1.165, 1.54) is 38.6 Å². The molecule has 2 unspecified atom stereocenters. The Bertz CT molecular complexity index is 195. The average Bonchev–Trinajstić information content (AvgIpc) is 2.96. The summed E-state index contributed by atoms with van der Waals surface area (Å²) in [5.74, 6) is 1.87. The Morgan fingerprint density at radius 2 is 2.07 bits per heavy atom. The van der Waals surface area contributed by atoms with Crippen LogP contribution in [0.25, 0.3) is 0 Å². The van der Waals surface area contributed by atoms with Crippen LogP contribution in [0.2, 0.25) is 0 Å². The molecule has 0 heterocycles. The highest BCUT2D eigenvalue weighted by Gasteiger charge is 2.48. The lowest BCUT2D eigenvalue weighted by molar-refractivity contribution is 0.395. The number of rotatable bonds is 6. The summed E-state index contributed by atoms with van der Waals surface area (Å²) in [5, 5.41) is 3.66. The van der Waals surface area contributed by atoms with Crippen LogP contribution in [-0.4, -0.2) is 12.6 Å². The highest BCUT2D eigenvalue weighted by Crippen LogP contribution is 2.55. The first-order chi connectivity index (χ1) is 6.60. The predicted molar refractivity (Wildman–Crippen MR) is 61.3 cm³/mol. The molecule has 0 bridgehead atoms. The maximum atomic E-state index is 3.66. The van der Waals surface area contributed by atoms with Gasteiger partial charge in [-0.15, -0.1) is 0 Å². The average molecular weight is 195 g/mol. The fourth-order valence-electron chi connectivity index (χ4n) is 2.34. The smallest absolute Gasteiger partial charge is 0.00683 e. The van der Waals surface area contributed by atoms with Crippen molar-refractivity contribution >= 4 is 0 Å². The van der Waals surface area contributed by atoms with Gasteiger partial charge in [0, 0.05) is 6.04 Å². The fourth-order valence-corrected chi connectivity index (χ4v) is 2.34. The Hall–Kier alpha value is -0.0400. The molecule has 2 fully saturated rings. The quantitative estimate of drug-likeness (QED) is 0.686. The molecule has 0 aromatic carbocycles. The lowest BCUT2D eigenvalue weighted by Crippen LogP contribution is -2.21. The van der Waals surface area contributed by atoms with E-state index in [0.29, 0.717) is 5.41 Å². The highest BCUT2D eigenvalue weighted by molar-refractivity contribution is 5.00. The van der Waals surface area contributed by atoms with Crippen molar-refractivity contribution < 1.29 is 0 Å². The molecule has 0 amide bonds. The van der Waals surface area contributed by atoms with Crippen molar-refractivity contribution in [3.8, 4) is 0 Å². The van der Waals surface area contributed by atoms with E-state index in [4.69, 9.17) is 0 Å². The van der Waals surface area contributed by atoms with Gasteiger partial charge in [-0.05, 0) is 49.5 Å². The summed E-state index contributed by atoms with van der Waals surface area (Å²) in [6.45, 7) is 8.44. The zero-order valence-electron chi connectivity index (χ0n) is 9.97. The molecular weight excluding hydrogens is 170 g/mol. The van der Waals surface area contributed by atoms with Crippen molar-refractivity contribution in [2.45, 2.75) is 58.9 Å². The second-order valence-electron chi connectivity index (χ2n) is 6.17. The third-order valence-corrected chi connectivity index (χ3v) is 4.06. The SMILES string of the molecule is CC(C)CCC1(C)CC1CNC1CC1. The van der Waals surface area contributed by atoms with Gasteiger partial charge in [-0.25, -0.2) is 0 Å². The molecule has 82 valence electrons. The molecule has 14 heavy (non-hydrogen) atoms. The van der Waals surface area contributed by atoms with Crippen LogP contribution >= 0.6 is 0 Å². The Morgan fingerprint density at radius 1 is 1.36 bits per heavy atom. The van der Waals surface area contributed by atoms with Crippen molar-refractivity contribution in [1.82, 2.24) is 5.32 Å². The molecule has 1 nitrogen and oxygen atoms in total. The summed E-state index contributed by atoms with van der Waals surface area (Å²) < 4.78 is 0.